The summed E-state index contributed by atoms with van der Waals surface area (Å²) in [4.78, 5) is 43.2. The van der Waals surface area contributed by atoms with E-state index in [2.05, 4.69) is 29.8 Å². The highest BCUT2D eigenvalue weighted by atomic mass is 16.5. The van der Waals surface area contributed by atoms with E-state index >= 15 is 0 Å². The number of ether oxygens (including phenoxy) is 1. The molecule has 2 aliphatic rings. The highest BCUT2D eigenvalue weighted by Crippen LogP contribution is 2.31. The summed E-state index contributed by atoms with van der Waals surface area (Å²) >= 11 is 0. The predicted octanol–water partition coefficient (Wildman–Crippen LogP) is 3.71. The van der Waals surface area contributed by atoms with Gasteiger partial charge in [-0.15, -0.1) is 0 Å². The molecule has 1 spiro atoms. The Morgan fingerprint density at radius 1 is 0.976 bits per heavy atom. The molecule has 1 aliphatic carbocycles. The smallest absolute Gasteiger partial charge is 0.246 e. The van der Waals surface area contributed by atoms with E-state index in [1.807, 2.05) is 78.7 Å². The lowest BCUT2D eigenvalue weighted by Crippen LogP contribution is -2.63. The van der Waals surface area contributed by atoms with Crippen LogP contribution in [0.15, 0.2) is 60.7 Å². The molecule has 3 N–H and O–H groups in total. The van der Waals surface area contributed by atoms with E-state index in [9.17, 15) is 14.4 Å². The fourth-order valence-corrected chi connectivity index (χ4v) is 5.67. The molecule has 1 aliphatic heterocycles. The summed E-state index contributed by atoms with van der Waals surface area (Å²) in [5, 5.41) is 9.16. The van der Waals surface area contributed by atoms with Crippen molar-refractivity contribution in [3.63, 3.8) is 0 Å². The number of rotatable bonds is 4. The standard InChI is InChI=1S/C33H44N4O4/c1-24(2)22-28-31(39)36-33(17-9-10-18-33)32(40)35-27(23-25-12-5-4-6-13-25)30(38)34-19-11-15-26-14-7-8-16-29(26)41-21-20-37(28)3/h4-8,11-16,24,27-28H,9-10,17-23H2,1-3H3,(H,34,38)(H,35,40)(H,36,39)/b15-11-/t27-,28-/m0/s1. The Labute approximate surface area is 243 Å². The summed E-state index contributed by atoms with van der Waals surface area (Å²) in [5.74, 6) is 0.305. The fourth-order valence-electron chi connectivity index (χ4n) is 5.67. The maximum atomic E-state index is 13.9. The van der Waals surface area contributed by atoms with Crippen LogP contribution < -0.4 is 20.7 Å². The van der Waals surface area contributed by atoms with Crippen LogP contribution in [-0.4, -0.2) is 67.0 Å². The number of para-hydroxylation sites is 1. The Bertz CT molecular complexity index is 1210. The number of carbonyl (C=O) groups is 3. The maximum absolute atomic E-state index is 13.9. The lowest BCUT2D eigenvalue weighted by atomic mass is 9.93. The largest absolute Gasteiger partial charge is 0.492 e. The molecule has 2 aromatic rings. The molecule has 8 heteroatoms. The number of likely N-dealkylation sites (N-methyl/N-ethyl adjacent to an activating group) is 1. The first-order valence-electron chi connectivity index (χ1n) is 14.8. The molecule has 8 nitrogen and oxygen atoms in total. The van der Waals surface area contributed by atoms with Crippen LogP contribution in [0.25, 0.3) is 6.08 Å². The zero-order valence-electron chi connectivity index (χ0n) is 24.5. The highest BCUT2D eigenvalue weighted by Gasteiger charge is 2.45. The molecule has 3 amide bonds. The number of hydrogen-bond acceptors (Lipinski definition) is 5. The van der Waals surface area contributed by atoms with Crippen molar-refractivity contribution in [3.8, 4) is 5.75 Å². The van der Waals surface area contributed by atoms with Gasteiger partial charge in [0.25, 0.3) is 0 Å². The van der Waals surface area contributed by atoms with Crippen molar-refractivity contribution in [2.24, 2.45) is 5.92 Å². The summed E-state index contributed by atoms with van der Waals surface area (Å²) in [7, 11) is 1.93. The molecule has 1 saturated carbocycles. The van der Waals surface area contributed by atoms with Crippen LogP contribution in [-0.2, 0) is 20.8 Å². The van der Waals surface area contributed by atoms with Gasteiger partial charge in [-0.25, -0.2) is 0 Å². The van der Waals surface area contributed by atoms with Crippen molar-refractivity contribution in [2.45, 2.75) is 70.0 Å². The SMILES string of the molecule is CC(C)C[C@H]1C(=O)NC2(CCCC2)C(=O)N[C@@H](Cc2ccccc2)C(=O)NC/C=C\c2ccccc2OCCN1C. The number of carbonyl (C=O) groups excluding carboxylic acids is 3. The molecule has 0 unspecified atom stereocenters. The van der Waals surface area contributed by atoms with E-state index in [0.29, 0.717) is 45.4 Å². The Hall–Kier alpha value is -3.65. The third-order valence-corrected chi connectivity index (χ3v) is 8.00. The number of amides is 3. The van der Waals surface area contributed by atoms with E-state index in [0.717, 1.165) is 29.7 Å². The molecular weight excluding hydrogens is 516 g/mol. The second kappa shape index (κ2) is 14.3. The average Bonchev–Trinajstić information content (AvgIpc) is 3.43. The van der Waals surface area contributed by atoms with Gasteiger partial charge in [0.2, 0.25) is 17.7 Å². The number of fused-ring (bicyclic) bond motifs is 1. The lowest BCUT2D eigenvalue weighted by Gasteiger charge is -2.35. The van der Waals surface area contributed by atoms with E-state index in [1.54, 1.807) is 0 Å². The third-order valence-electron chi connectivity index (χ3n) is 8.00. The summed E-state index contributed by atoms with van der Waals surface area (Å²) in [6.07, 6.45) is 7.58. The van der Waals surface area contributed by atoms with E-state index in [4.69, 9.17) is 4.74 Å². The second-order valence-corrected chi connectivity index (χ2v) is 11.7. The van der Waals surface area contributed by atoms with Gasteiger partial charge in [0, 0.05) is 25.1 Å². The normalized spacial score (nSPS) is 23.5. The van der Waals surface area contributed by atoms with Crippen LogP contribution in [0, 0.1) is 5.92 Å². The van der Waals surface area contributed by atoms with Gasteiger partial charge in [-0.05, 0) is 43.9 Å². The van der Waals surface area contributed by atoms with Crippen molar-refractivity contribution in [2.75, 3.05) is 26.7 Å². The van der Waals surface area contributed by atoms with Crippen LogP contribution in [0.3, 0.4) is 0 Å². The molecule has 2 atom stereocenters. The number of benzene rings is 2. The maximum Gasteiger partial charge on any atom is 0.246 e. The average molecular weight is 561 g/mol. The van der Waals surface area contributed by atoms with Gasteiger partial charge in [0.1, 0.15) is 23.9 Å². The van der Waals surface area contributed by atoms with Crippen LogP contribution in [0.1, 0.15) is 57.1 Å². The van der Waals surface area contributed by atoms with E-state index < -0.39 is 17.6 Å². The molecule has 1 heterocycles. The first-order chi connectivity index (χ1) is 19.8. The monoisotopic (exact) mass is 560 g/mol. The molecule has 41 heavy (non-hydrogen) atoms. The topological polar surface area (TPSA) is 99.8 Å². The van der Waals surface area contributed by atoms with Gasteiger partial charge in [-0.3, -0.25) is 19.3 Å². The van der Waals surface area contributed by atoms with Crippen molar-refractivity contribution in [1.29, 1.82) is 0 Å². The molecule has 0 radical (unpaired) electrons. The third kappa shape index (κ3) is 8.19. The molecule has 220 valence electrons. The Morgan fingerprint density at radius 3 is 2.41 bits per heavy atom. The van der Waals surface area contributed by atoms with Crippen LogP contribution >= 0.6 is 0 Å². The Balaban J connectivity index is 1.65. The first kappa shape index (κ1) is 30.3. The molecule has 4 rings (SSSR count). The van der Waals surface area contributed by atoms with Crippen LogP contribution in [0.2, 0.25) is 0 Å². The minimum Gasteiger partial charge on any atom is -0.492 e. The zero-order chi connectivity index (χ0) is 29.2. The first-order valence-corrected chi connectivity index (χ1v) is 14.8. The van der Waals surface area contributed by atoms with Crippen molar-refractivity contribution in [3.05, 3.63) is 71.8 Å². The summed E-state index contributed by atoms with van der Waals surface area (Å²) in [6.45, 7) is 5.45. The van der Waals surface area contributed by atoms with Gasteiger partial charge in [-0.2, -0.15) is 0 Å². The number of nitrogens with zero attached hydrogens (tertiary/aromatic N) is 1. The summed E-state index contributed by atoms with van der Waals surface area (Å²) in [6, 6.07) is 16.2. The van der Waals surface area contributed by atoms with Crippen molar-refractivity contribution < 1.29 is 19.1 Å². The second-order valence-electron chi connectivity index (χ2n) is 11.7. The van der Waals surface area contributed by atoms with E-state index in [1.165, 1.54) is 0 Å². The summed E-state index contributed by atoms with van der Waals surface area (Å²) < 4.78 is 6.13. The number of nitrogens with one attached hydrogen (secondary N) is 3. The van der Waals surface area contributed by atoms with Crippen molar-refractivity contribution in [1.82, 2.24) is 20.9 Å². The Kier molecular flexibility index (Phi) is 10.6. The fraction of sp³-hybridized carbons (Fsp3) is 0.485. The van der Waals surface area contributed by atoms with Gasteiger partial charge in [0.15, 0.2) is 0 Å². The molecular formula is C33H44N4O4. The molecule has 0 bridgehead atoms. The minimum absolute atomic E-state index is 0.160. The van der Waals surface area contributed by atoms with Gasteiger partial charge >= 0.3 is 0 Å². The lowest BCUT2D eigenvalue weighted by molar-refractivity contribution is -0.137. The minimum atomic E-state index is -1.04. The van der Waals surface area contributed by atoms with Crippen molar-refractivity contribution >= 4 is 23.8 Å². The number of hydrogen-bond donors (Lipinski definition) is 3. The molecule has 0 saturated heterocycles. The molecule has 2 aromatic carbocycles. The van der Waals surface area contributed by atoms with Crippen LogP contribution in [0.4, 0.5) is 0 Å². The molecule has 1 fully saturated rings. The van der Waals surface area contributed by atoms with E-state index in [-0.39, 0.29) is 23.6 Å². The van der Waals surface area contributed by atoms with Gasteiger partial charge in [0.05, 0.1) is 6.04 Å². The predicted molar refractivity (Wildman–Crippen MR) is 161 cm³/mol. The summed E-state index contributed by atoms with van der Waals surface area (Å²) in [5.41, 5.74) is 0.808. The molecule has 0 aromatic heterocycles. The highest BCUT2D eigenvalue weighted by molar-refractivity contribution is 5.96. The zero-order valence-corrected chi connectivity index (χ0v) is 24.5. The van der Waals surface area contributed by atoms with Gasteiger partial charge < -0.3 is 20.7 Å². The van der Waals surface area contributed by atoms with Crippen LogP contribution in [0.5, 0.6) is 5.75 Å². The van der Waals surface area contributed by atoms with Gasteiger partial charge in [-0.1, -0.05) is 87.4 Å². The Morgan fingerprint density at radius 2 is 1.68 bits per heavy atom. The quantitative estimate of drug-likeness (QED) is 0.530.